The van der Waals surface area contributed by atoms with Gasteiger partial charge in [-0.3, -0.25) is 14.9 Å². The zero-order valence-corrected chi connectivity index (χ0v) is 16.9. The van der Waals surface area contributed by atoms with Crippen LogP contribution in [-0.2, 0) is 24.1 Å². The number of aromatic nitrogens is 1. The number of rotatable bonds is 7. The van der Waals surface area contributed by atoms with Crippen molar-refractivity contribution < 1.29 is 23.6 Å². The fourth-order valence-corrected chi connectivity index (χ4v) is 4.24. The number of hydrogen-bond acceptors (Lipinski definition) is 7. The Labute approximate surface area is 171 Å². The summed E-state index contributed by atoms with van der Waals surface area (Å²) < 4.78 is 16.1. The monoisotopic (exact) mass is 412 g/mol. The predicted octanol–water partition coefficient (Wildman–Crippen LogP) is 3.52. The van der Waals surface area contributed by atoms with E-state index in [9.17, 15) is 9.59 Å². The summed E-state index contributed by atoms with van der Waals surface area (Å²) in [4.78, 5) is 23.2. The predicted molar refractivity (Wildman–Crippen MR) is 110 cm³/mol. The zero-order chi connectivity index (χ0) is 20.4. The molecule has 1 aliphatic rings. The van der Waals surface area contributed by atoms with Gasteiger partial charge in [0.1, 0.15) is 0 Å². The molecule has 0 radical (unpaired) electrons. The second-order valence-corrected chi connectivity index (χ2v) is 7.91. The lowest BCUT2D eigenvalue weighted by Crippen LogP contribution is -2.25. The normalized spacial score (nSPS) is 16.3. The number of ether oxygens (including phenoxy) is 2. The van der Waals surface area contributed by atoms with E-state index in [2.05, 4.69) is 10.5 Å². The lowest BCUT2D eigenvalue weighted by atomic mass is 10.0. The van der Waals surface area contributed by atoms with E-state index < -0.39 is 5.25 Å². The Bertz CT molecular complexity index is 1080. The molecule has 2 heterocycles. The molecular formula is C21H20N2O5S. The van der Waals surface area contributed by atoms with Crippen LogP contribution in [0, 0.1) is 0 Å². The van der Waals surface area contributed by atoms with Crippen LogP contribution in [0.1, 0.15) is 16.8 Å². The van der Waals surface area contributed by atoms with E-state index in [0.29, 0.717) is 29.9 Å². The minimum atomic E-state index is -0.393. The van der Waals surface area contributed by atoms with Gasteiger partial charge in [-0.05, 0) is 54.7 Å². The zero-order valence-electron chi connectivity index (χ0n) is 16.1. The summed E-state index contributed by atoms with van der Waals surface area (Å²) in [6, 6.07) is 11.6. The molecular weight excluding hydrogens is 392 g/mol. The van der Waals surface area contributed by atoms with Crippen molar-refractivity contribution in [3.63, 3.8) is 0 Å². The molecule has 0 bridgehead atoms. The molecule has 0 saturated carbocycles. The molecule has 1 atom stereocenters. The summed E-state index contributed by atoms with van der Waals surface area (Å²) >= 11 is 1.03. The molecule has 1 fully saturated rings. The summed E-state index contributed by atoms with van der Waals surface area (Å²) in [7, 11) is 3.23. The Morgan fingerprint density at radius 1 is 1.03 bits per heavy atom. The van der Waals surface area contributed by atoms with Crippen molar-refractivity contribution in [2.24, 2.45) is 0 Å². The number of thioether (sulfide) groups is 1. The van der Waals surface area contributed by atoms with Crippen LogP contribution in [0.3, 0.4) is 0 Å². The number of nitrogens with one attached hydrogen (secondary N) is 1. The van der Waals surface area contributed by atoms with Gasteiger partial charge in [-0.1, -0.05) is 29.1 Å². The second kappa shape index (κ2) is 8.16. The van der Waals surface area contributed by atoms with Crippen LogP contribution in [0.15, 0.2) is 40.9 Å². The fourth-order valence-electron chi connectivity index (χ4n) is 3.38. The number of amides is 2. The molecule has 0 aliphatic carbocycles. The van der Waals surface area contributed by atoms with E-state index in [-0.39, 0.29) is 11.1 Å². The lowest BCUT2D eigenvalue weighted by Gasteiger charge is -2.09. The van der Waals surface area contributed by atoms with Gasteiger partial charge in [0.2, 0.25) is 5.91 Å². The van der Waals surface area contributed by atoms with Crippen molar-refractivity contribution in [1.29, 1.82) is 0 Å². The van der Waals surface area contributed by atoms with Gasteiger partial charge in [-0.2, -0.15) is 0 Å². The second-order valence-electron chi connectivity index (χ2n) is 6.74. The topological polar surface area (TPSA) is 90.7 Å². The minimum Gasteiger partial charge on any atom is -0.493 e. The van der Waals surface area contributed by atoms with Gasteiger partial charge in [-0.25, -0.2) is 0 Å². The maximum absolute atomic E-state index is 11.8. The number of carbonyl (C=O) groups is 2. The number of aryl methyl sites for hydroxylation is 2. The molecule has 2 aromatic carbocycles. The summed E-state index contributed by atoms with van der Waals surface area (Å²) in [6.07, 6.45) is 1.95. The molecule has 4 rings (SSSR count). The molecule has 29 heavy (non-hydrogen) atoms. The molecule has 1 N–H and O–H groups in total. The number of carbonyl (C=O) groups excluding carboxylic acids is 2. The van der Waals surface area contributed by atoms with Gasteiger partial charge in [0.15, 0.2) is 17.1 Å². The van der Waals surface area contributed by atoms with E-state index in [1.54, 1.807) is 14.2 Å². The van der Waals surface area contributed by atoms with Crippen molar-refractivity contribution >= 4 is 33.9 Å². The average Bonchev–Trinajstić information content (AvgIpc) is 3.27. The van der Waals surface area contributed by atoms with Gasteiger partial charge >= 0.3 is 0 Å². The van der Waals surface area contributed by atoms with E-state index in [0.717, 1.165) is 40.4 Å². The molecule has 150 valence electrons. The Balaban J connectivity index is 1.51. The first-order chi connectivity index (χ1) is 14.1. The number of methoxy groups -OCH3 is 2. The summed E-state index contributed by atoms with van der Waals surface area (Å²) in [5.74, 6) is 1.15. The van der Waals surface area contributed by atoms with Crippen LogP contribution in [-0.4, -0.2) is 35.8 Å². The highest BCUT2D eigenvalue weighted by molar-refractivity contribution is 8.15. The first-order valence-corrected chi connectivity index (χ1v) is 10.0. The van der Waals surface area contributed by atoms with E-state index in [4.69, 9.17) is 14.0 Å². The summed E-state index contributed by atoms with van der Waals surface area (Å²) in [5.41, 5.74) is 3.63. The molecule has 8 heteroatoms. The van der Waals surface area contributed by atoms with Crippen molar-refractivity contribution in [2.75, 3.05) is 14.2 Å². The van der Waals surface area contributed by atoms with Gasteiger partial charge in [0, 0.05) is 5.39 Å². The molecule has 1 aliphatic heterocycles. The first-order valence-electron chi connectivity index (χ1n) is 9.17. The Morgan fingerprint density at radius 3 is 2.55 bits per heavy atom. The Kier molecular flexibility index (Phi) is 5.44. The average molecular weight is 412 g/mol. The quantitative estimate of drug-likeness (QED) is 0.635. The van der Waals surface area contributed by atoms with Crippen LogP contribution in [0.5, 0.6) is 11.5 Å². The number of imide groups is 1. The molecule has 1 unspecified atom stereocenters. The third kappa shape index (κ3) is 4.07. The summed E-state index contributed by atoms with van der Waals surface area (Å²) in [6.45, 7) is 0. The van der Waals surface area contributed by atoms with Crippen molar-refractivity contribution in [3.8, 4) is 11.5 Å². The third-order valence-corrected chi connectivity index (χ3v) is 5.88. The van der Waals surface area contributed by atoms with Gasteiger partial charge < -0.3 is 14.0 Å². The molecule has 1 saturated heterocycles. The maximum Gasteiger partial charge on any atom is 0.286 e. The highest BCUT2D eigenvalue weighted by Gasteiger charge is 2.31. The first kappa shape index (κ1) is 19.3. The standard InChI is InChI=1S/C21H20N2O5S/c1-26-17-8-4-12(10-18(17)27-2)3-6-15-14-9-13(5-7-16(14)28-23-15)11-19-20(24)22-21(25)29-19/h4-5,7-10,19H,3,6,11H2,1-2H3,(H,22,24,25). The lowest BCUT2D eigenvalue weighted by molar-refractivity contribution is -0.118. The van der Waals surface area contributed by atoms with Crippen LogP contribution in [0.4, 0.5) is 4.79 Å². The highest BCUT2D eigenvalue weighted by Crippen LogP contribution is 2.29. The van der Waals surface area contributed by atoms with E-state index in [1.807, 2.05) is 36.4 Å². The van der Waals surface area contributed by atoms with Crippen molar-refractivity contribution in [1.82, 2.24) is 10.5 Å². The largest absolute Gasteiger partial charge is 0.493 e. The molecule has 1 aromatic heterocycles. The van der Waals surface area contributed by atoms with Crippen LogP contribution >= 0.6 is 11.8 Å². The SMILES string of the molecule is COc1ccc(CCc2noc3ccc(CC4SC(=O)NC4=O)cc23)cc1OC. The van der Waals surface area contributed by atoms with Gasteiger partial charge in [0.25, 0.3) is 5.24 Å². The molecule has 0 spiro atoms. The third-order valence-electron chi connectivity index (χ3n) is 4.90. The molecule has 2 amide bonds. The van der Waals surface area contributed by atoms with E-state index >= 15 is 0 Å². The molecule has 7 nitrogen and oxygen atoms in total. The Hall–Kier alpha value is -3.00. The number of benzene rings is 2. The maximum atomic E-state index is 11.8. The number of hydrogen-bond donors (Lipinski definition) is 1. The van der Waals surface area contributed by atoms with E-state index in [1.165, 1.54) is 0 Å². The van der Waals surface area contributed by atoms with Crippen molar-refractivity contribution in [2.45, 2.75) is 24.5 Å². The Morgan fingerprint density at radius 2 is 1.83 bits per heavy atom. The number of nitrogens with zero attached hydrogens (tertiary/aromatic N) is 1. The minimum absolute atomic E-state index is 0.237. The van der Waals surface area contributed by atoms with Gasteiger partial charge in [-0.15, -0.1) is 0 Å². The fraction of sp³-hybridized carbons (Fsp3) is 0.286. The molecule has 3 aromatic rings. The highest BCUT2D eigenvalue weighted by atomic mass is 32.2. The summed E-state index contributed by atoms with van der Waals surface area (Å²) in [5, 5.41) is 6.78. The van der Waals surface area contributed by atoms with Crippen molar-refractivity contribution in [3.05, 3.63) is 53.2 Å². The van der Waals surface area contributed by atoms with Crippen LogP contribution in [0.25, 0.3) is 11.0 Å². The van der Waals surface area contributed by atoms with Crippen LogP contribution in [0.2, 0.25) is 0 Å². The smallest absolute Gasteiger partial charge is 0.286 e. The van der Waals surface area contributed by atoms with Crippen LogP contribution < -0.4 is 14.8 Å². The van der Waals surface area contributed by atoms with Gasteiger partial charge in [0.05, 0.1) is 25.2 Å². The number of fused-ring (bicyclic) bond motifs is 1.